The molecule has 1 saturated carbocycles. The lowest BCUT2D eigenvalue weighted by Crippen LogP contribution is -2.41. The highest BCUT2D eigenvalue weighted by molar-refractivity contribution is 5.91. The topological polar surface area (TPSA) is 73.7 Å². The maximum atomic E-state index is 13.5. The molecule has 2 aromatic rings. The SMILES string of the molecule is CCOCC1CCCN1C(=O)C1C=C(c2cccc(-n3ncc(C(=O)OCC)c3C3CC3)c2)CCC1. The monoisotopic (exact) mass is 491 g/mol. The van der Waals surface area contributed by atoms with Crippen LogP contribution < -0.4 is 0 Å². The quantitative estimate of drug-likeness (QED) is 0.454. The predicted molar refractivity (Wildman–Crippen MR) is 138 cm³/mol. The van der Waals surface area contributed by atoms with Gasteiger partial charge in [-0.1, -0.05) is 18.2 Å². The molecular formula is C29H37N3O4. The van der Waals surface area contributed by atoms with Crippen LogP contribution in [0.5, 0.6) is 0 Å². The van der Waals surface area contributed by atoms with Gasteiger partial charge >= 0.3 is 5.97 Å². The molecular weight excluding hydrogens is 454 g/mol. The third-order valence-corrected chi connectivity index (χ3v) is 7.58. The highest BCUT2D eigenvalue weighted by atomic mass is 16.5. The van der Waals surface area contributed by atoms with Crippen LogP contribution in [0, 0.1) is 5.92 Å². The van der Waals surface area contributed by atoms with Crippen molar-refractivity contribution in [3.05, 3.63) is 53.4 Å². The molecule has 36 heavy (non-hydrogen) atoms. The van der Waals surface area contributed by atoms with Gasteiger partial charge in [0.25, 0.3) is 0 Å². The molecule has 1 amide bonds. The Morgan fingerprint density at radius 3 is 2.72 bits per heavy atom. The Morgan fingerprint density at radius 1 is 1.08 bits per heavy atom. The van der Waals surface area contributed by atoms with Gasteiger partial charge in [0, 0.05) is 19.1 Å². The molecule has 0 N–H and O–H groups in total. The van der Waals surface area contributed by atoms with E-state index < -0.39 is 0 Å². The van der Waals surface area contributed by atoms with Gasteiger partial charge in [-0.2, -0.15) is 5.10 Å². The van der Waals surface area contributed by atoms with Crippen molar-refractivity contribution in [1.82, 2.24) is 14.7 Å². The molecule has 1 aromatic heterocycles. The van der Waals surface area contributed by atoms with Gasteiger partial charge in [0.2, 0.25) is 5.91 Å². The summed E-state index contributed by atoms with van der Waals surface area (Å²) in [6.45, 7) is 6.32. The van der Waals surface area contributed by atoms with E-state index in [9.17, 15) is 9.59 Å². The van der Waals surface area contributed by atoms with Crippen molar-refractivity contribution < 1.29 is 19.1 Å². The molecule has 2 heterocycles. The molecule has 3 aliphatic rings. The Labute approximate surface area is 213 Å². The van der Waals surface area contributed by atoms with Crippen LogP contribution in [0.15, 0.2) is 36.5 Å². The van der Waals surface area contributed by atoms with E-state index in [2.05, 4.69) is 28.2 Å². The largest absolute Gasteiger partial charge is 0.462 e. The first kappa shape index (κ1) is 24.8. The van der Waals surface area contributed by atoms with Gasteiger partial charge < -0.3 is 14.4 Å². The molecule has 2 aliphatic carbocycles. The van der Waals surface area contributed by atoms with Crippen molar-refractivity contribution in [2.75, 3.05) is 26.4 Å². The van der Waals surface area contributed by atoms with E-state index in [4.69, 9.17) is 9.47 Å². The summed E-state index contributed by atoms with van der Waals surface area (Å²) >= 11 is 0. The molecule has 1 aromatic carbocycles. The third kappa shape index (κ3) is 5.12. The number of benzene rings is 1. The fourth-order valence-corrected chi connectivity index (χ4v) is 5.64. The summed E-state index contributed by atoms with van der Waals surface area (Å²) in [5, 5.41) is 4.59. The minimum Gasteiger partial charge on any atom is -0.462 e. The molecule has 2 unspecified atom stereocenters. The molecule has 5 rings (SSSR count). The standard InChI is InChI=1S/C29H37N3O4/c1-3-35-19-25-12-7-15-31(25)28(33)23-10-5-8-21(16-23)22-9-6-11-24(17-22)32-27(20-13-14-20)26(18-30-32)29(34)36-4-2/h6,9,11,16-18,20,23,25H,3-5,7-8,10,12-15,19H2,1-2H3. The van der Waals surface area contributed by atoms with E-state index in [-0.39, 0.29) is 23.8 Å². The molecule has 0 bridgehead atoms. The lowest BCUT2D eigenvalue weighted by Gasteiger charge is -2.30. The van der Waals surface area contributed by atoms with E-state index in [0.29, 0.717) is 31.3 Å². The van der Waals surface area contributed by atoms with Crippen molar-refractivity contribution in [2.45, 2.75) is 70.8 Å². The van der Waals surface area contributed by atoms with Crippen LogP contribution in [-0.2, 0) is 14.3 Å². The number of ether oxygens (including phenoxy) is 2. The molecule has 7 nitrogen and oxygen atoms in total. The van der Waals surface area contributed by atoms with Crippen molar-refractivity contribution in [3.8, 4) is 5.69 Å². The minimum absolute atomic E-state index is 0.0817. The molecule has 1 saturated heterocycles. The zero-order valence-corrected chi connectivity index (χ0v) is 21.4. The van der Waals surface area contributed by atoms with Crippen molar-refractivity contribution >= 4 is 17.4 Å². The molecule has 192 valence electrons. The fraction of sp³-hybridized carbons (Fsp3) is 0.552. The van der Waals surface area contributed by atoms with Gasteiger partial charge in [0.1, 0.15) is 5.56 Å². The summed E-state index contributed by atoms with van der Waals surface area (Å²) in [6, 6.07) is 8.53. The Hall–Kier alpha value is -2.93. The van der Waals surface area contributed by atoms with E-state index in [1.165, 1.54) is 5.57 Å². The summed E-state index contributed by atoms with van der Waals surface area (Å²) in [4.78, 5) is 28.0. The minimum atomic E-state index is -0.303. The maximum Gasteiger partial charge on any atom is 0.341 e. The average molecular weight is 492 g/mol. The Kier molecular flexibility index (Phi) is 7.56. The van der Waals surface area contributed by atoms with Crippen LogP contribution >= 0.6 is 0 Å². The van der Waals surface area contributed by atoms with Crippen LogP contribution in [0.25, 0.3) is 11.3 Å². The summed E-state index contributed by atoms with van der Waals surface area (Å²) in [5.41, 5.74) is 4.79. The highest BCUT2D eigenvalue weighted by Crippen LogP contribution is 2.43. The summed E-state index contributed by atoms with van der Waals surface area (Å²) < 4.78 is 12.8. The molecule has 2 fully saturated rings. The highest BCUT2D eigenvalue weighted by Gasteiger charge is 2.35. The van der Waals surface area contributed by atoms with Crippen molar-refractivity contribution in [2.24, 2.45) is 5.92 Å². The zero-order chi connectivity index (χ0) is 25.1. The average Bonchev–Trinajstić information content (AvgIpc) is 3.47. The third-order valence-electron chi connectivity index (χ3n) is 7.58. The van der Waals surface area contributed by atoms with Crippen LogP contribution in [0.3, 0.4) is 0 Å². The second-order valence-corrected chi connectivity index (χ2v) is 10.1. The Balaban J connectivity index is 1.39. The maximum absolute atomic E-state index is 13.5. The van der Waals surface area contributed by atoms with Gasteiger partial charge in [-0.3, -0.25) is 4.79 Å². The number of allylic oxidation sites excluding steroid dienone is 1. The zero-order valence-electron chi connectivity index (χ0n) is 21.4. The van der Waals surface area contributed by atoms with Gasteiger partial charge in [-0.15, -0.1) is 0 Å². The number of esters is 1. The first-order valence-electron chi connectivity index (χ1n) is 13.6. The lowest BCUT2D eigenvalue weighted by atomic mass is 9.86. The van der Waals surface area contributed by atoms with Gasteiger partial charge in [-0.05, 0) is 82.1 Å². The lowest BCUT2D eigenvalue weighted by molar-refractivity contribution is -0.136. The first-order valence-corrected chi connectivity index (χ1v) is 13.6. The number of rotatable bonds is 9. The fourth-order valence-electron chi connectivity index (χ4n) is 5.64. The number of nitrogens with zero attached hydrogens (tertiary/aromatic N) is 3. The first-order chi connectivity index (χ1) is 17.6. The number of carbonyl (C=O) groups excluding carboxylic acids is 2. The Bertz CT molecular complexity index is 1130. The van der Waals surface area contributed by atoms with E-state index >= 15 is 0 Å². The van der Waals surface area contributed by atoms with E-state index in [1.54, 1.807) is 6.20 Å². The number of hydrogen-bond acceptors (Lipinski definition) is 5. The van der Waals surface area contributed by atoms with Crippen LogP contribution in [0.2, 0.25) is 0 Å². The van der Waals surface area contributed by atoms with E-state index in [0.717, 1.165) is 68.4 Å². The van der Waals surface area contributed by atoms with Crippen LogP contribution in [0.4, 0.5) is 0 Å². The molecule has 7 heteroatoms. The number of aromatic nitrogens is 2. The molecule has 1 aliphatic heterocycles. The summed E-state index contributed by atoms with van der Waals surface area (Å²) in [7, 11) is 0. The number of carbonyl (C=O) groups is 2. The smallest absolute Gasteiger partial charge is 0.341 e. The van der Waals surface area contributed by atoms with Crippen molar-refractivity contribution in [3.63, 3.8) is 0 Å². The number of likely N-dealkylation sites (tertiary alicyclic amines) is 1. The normalized spacial score (nSPS) is 21.9. The molecule has 0 radical (unpaired) electrons. The second kappa shape index (κ2) is 11.0. The number of hydrogen-bond donors (Lipinski definition) is 0. The van der Waals surface area contributed by atoms with Crippen LogP contribution in [0.1, 0.15) is 86.3 Å². The number of amides is 1. The second-order valence-electron chi connectivity index (χ2n) is 10.1. The predicted octanol–water partition coefficient (Wildman–Crippen LogP) is 5.14. The Morgan fingerprint density at radius 2 is 1.94 bits per heavy atom. The van der Waals surface area contributed by atoms with Gasteiger partial charge in [-0.25, -0.2) is 9.48 Å². The molecule has 0 spiro atoms. The summed E-state index contributed by atoms with van der Waals surface area (Å²) in [6.07, 6.45) is 10.9. The summed E-state index contributed by atoms with van der Waals surface area (Å²) in [5.74, 6) is 0.203. The van der Waals surface area contributed by atoms with Crippen LogP contribution in [-0.4, -0.2) is 59.0 Å². The van der Waals surface area contributed by atoms with E-state index in [1.807, 2.05) is 30.7 Å². The molecule has 2 atom stereocenters. The van der Waals surface area contributed by atoms with Gasteiger partial charge in [0.05, 0.1) is 42.8 Å². The van der Waals surface area contributed by atoms with Gasteiger partial charge in [0.15, 0.2) is 0 Å². The van der Waals surface area contributed by atoms with Crippen molar-refractivity contribution in [1.29, 1.82) is 0 Å².